The van der Waals surface area contributed by atoms with Crippen LogP contribution >= 0.6 is 0 Å². The van der Waals surface area contributed by atoms with Crippen molar-refractivity contribution < 1.29 is 14.6 Å². The molecule has 6 aromatic heterocycles. The lowest BCUT2D eigenvalue weighted by Gasteiger charge is -2.35. The first kappa shape index (κ1) is 99.5. The second-order valence-corrected chi connectivity index (χ2v) is 47.8. The number of nitrogens with zero attached hydrogens (tertiary/aromatic N) is 8. The van der Waals surface area contributed by atoms with Crippen LogP contribution < -0.4 is 26.7 Å². The quantitative estimate of drug-likeness (QED) is 0.111. The topological polar surface area (TPSA) is 220 Å². The molecule has 11 fully saturated rings. The number of benzene rings is 6. The summed E-state index contributed by atoms with van der Waals surface area (Å²) in [6, 6.07) is 33.7. The first-order valence-electron chi connectivity index (χ1n) is 53.8. The van der Waals surface area contributed by atoms with Gasteiger partial charge in [0.2, 0.25) is 0 Å². The average molecular weight is 1900 g/mol. The summed E-state index contributed by atoms with van der Waals surface area (Å²) in [6.07, 6.45) is 74.7. The van der Waals surface area contributed by atoms with Gasteiger partial charge in [-0.05, 0) is 467 Å². The van der Waals surface area contributed by atoms with Crippen LogP contribution in [-0.4, -0.2) is 63.3 Å². The summed E-state index contributed by atoms with van der Waals surface area (Å²) in [5, 5.41) is 12.7. The number of nitrogens with one attached hydrogen (secondary N) is 1. The van der Waals surface area contributed by atoms with Crippen LogP contribution in [0.1, 0.15) is 431 Å². The highest BCUT2D eigenvalue weighted by atomic mass is 16.5. The highest BCUT2D eigenvalue weighted by Gasteiger charge is 2.64. The van der Waals surface area contributed by atoms with Crippen LogP contribution in [0.5, 0.6) is 17.2 Å². The van der Waals surface area contributed by atoms with Gasteiger partial charge in [-0.15, -0.1) is 0 Å². The van der Waals surface area contributed by atoms with Crippen molar-refractivity contribution in [3.8, 4) is 28.6 Å². The summed E-state index contributed by atoms with van der Waals surface area (Å²) in [4.78, 5) is 28.0. The van der Waals surface area contributed by atoms with Crippen molar-refractivity contribution in [3.05, 3.63) is 241 Å². The van der Waals surface area contributed by atoms with Gasteiger partial charge in [-0.25, -0.2) is 29.9 Å². The van der Waals surface area contributed by atoms with Gasteiger partial charge in [0.15, 0.2) is 0 Å². The third kappa shape index (κ3) is 16.9. The predicted molar refractivity (Wildman–Crippen MR) is 585 cm³/mol. The molecule has 0 saturated heterocycles. The van der Waals surface area contributed by atoms with Gasteiger partial charge in [-0.1, -0.05) is 170 Å². The fourth-order valence-corrected chi connectivity index (χ4v) is 32.7. The maximum atomic E-state index is 9.98. The lowest BCUT2D eigenvalue weighted by molar-refractivity contribution is 0.275. The lowest BCUT2D eigenvalue weighted by Crippen LogP contribution is -2.27. The number of aromatic nitrogens is 9. The number of phenols is 1. The lowest BCUT2D eigenvalue weighted by atomic mass is 9.69. The summed E-state index contributed by atoms with van der Waals surface area (Å²) in [6.45, 7) is 20.3. The molecule has 15 heteroatoms. The number of hydrogen-bond donors (Lipinski definition) is 5. The molecule has 748 valence electrons. The predicted octanol–water partition coefficient (Wildman–Crippen LogP) is 31.5. The van der Waals surface area contributed by atoms with E-state index in [1.165, 1.54) is 362 Å². The van der Waals surface area contributed by atoms with Crippen molar-refractivity contribution >= 4 is 56.1 Å². The number of aromatic hydroxyl groups is 1. The van der Waals surface area contributed by atoms with Crippen LogP contribution in [0, 0.1) is 48.5 Å². The monoisotopic (exact) mass is 1900 g/mol. The van der Waals surface area contributed by atoms with E-state index in [1.807, 2.05) is 24.3 Å². The van der Waals surface area contributed by atoms with Crippen LogP contribution in [0.4, 0.5) is 17.5 Å². The summed E-state index contributed by atoms with van der Waals surface area (Å²) < 4.78 is 15.4. The standard InChI is InChI=1S/2C23H26N4.C18H24O.C18H24.2C17H22O.C6H6N4.4CH4/c2*1-15-11-16(27-10-5-17-20(24)25-14-26-21(17)27)12-18-19(15)23(8-9-23)13-22(18)6-3-2-4-7-22;1-13-10-14(19-2)11-15-16(13)18(8-9-18)12-17(15)6-4-3-5-7-17;1-13-10-14(2)16-15(11-13)17(6-4-3-5-7-17)12-18(16)8-9-18;1-12-9-13(18)10-14-15(12)17(7-8-17)11-16(14)5-3-2-4-6-16;1-12-9-14(18-3)10-15-16(12)13(2)11-17(15)7-5-4-6-8-17;7-5-4-1-2-8-6(4)10-3-9-5;;;;/h2*5,10-12,14H,2-4,6-9,13H2,1H3,(H2,24,25,26);10-11H,3-9,12H2,1-2H3;10-11H,3-9,12H2,1-2H3;9-10,18H,2-8,11H2,1H3;9-10H,2,4-8,11H2,1,3H3;1-3H,(H3,7,8,9,10);4*1H4. The number of allylic oxidation sites excluding steroid dienone is 1. The van der Waals surface area contributed by atoms with Crippen LogP contribution in [-0.2, 0) is 59.6 Å². The summed E-state index contributed by atoms with van der Waals surface area (Å²) in [5.41, 5.74) is 59.4. The molecule has 17 aliphatic carbocycles. The number of fused-ring (bicyclic) bond motifs is 20. The van der Waals surface area contributed by atoms with E-state index in [0.29, 0.717) is 82.8 Å². The second kappa shape index (κ2) is 37.4. The minimum Gasteiger partial charge on any atom is -0.508 e. The zero-order valence-electron chi connectivity index (χ0n) is 83.9. The Morgan fingerprint density at radius 1 is 0.319 bits per heavy atom. The molecular weight excluding hydrogens is 1730 g/mol. The number of H-pyrrole nitrogens is 1. The highest BCUT2D eigenvalue weighted by molar-refractivity contribution is 5.89. The van der Waals surface area contributed by atoms with Crippen LogP contribution in [0.15, 0.2) is 135 Å². The maximum Gasteiger partial charge on any atom is 0.150 e. The number of methoxy groups -OCH3 is 2. The Labute approximate surface area is 843 Å². The Kier molecular flexibility index (Phi) is 26.4. The molecule has 0 amide bonds. The van der Waals surface area contributed by atoms with Crippen LogP contribution in [0.25, 0.3) is 50.0 Å². The normalized spacial score (nSPS) is 22.0. The largest absolute Gasteiger partial charge is 0.508 e. The Morgan fingerprint density at radius 2 is 0.631 bits per heavy atom. The van der Waals surface area contributed by atoms with Gasteiger partial charge in [0, 0.05) is 35.4 Å². The van der Waals surface area contributed by atoms with Crippen molar-refractivity contribution in [1.82, 2.24) is 44.0 Å². The molecule has 11 spiro atoms. The molecule has 141 heavy (non-hydrogen) atoms. The molecule has 11 saturated carbocycles. The molecule has 6 heterocycles. The summed E-state index contributed by atoms with van der Waals surface area (Å²) >= 11 is 0. The number of hydrogen-bond acceptors (Lipinski definition) is 12. The number of aromatic amines is 1. The molecule has 0 aliphatic heterocycles. The van der Waals surface area contributed by atoms with Crippen molar-refractivity contribution in [2.75, 3.05) is 31.4 Å². The number of phenolic OH excluding ortho intramolecular Hbond substituents is 1. The molecule has 17 aliphatic rings. The minimum atomic E-state index is 0. The van der Waals surface area contributed by atoms with Gasteiger partial charge < -0.3 is 45.9 Å². The van der Waals surface area contributed by atoms with Crippen molar-refractivity contribution in [1.29, 1.82) is 0 Å². The van der Waals surface area contributed by atoms with E-state index in [2.05, 4.69) is 178 Å². The van der Waals surface area contributed by atoms with E-state index in [9.17, 15) is 5.11 Å². The number of rotatable bonds is 4. The molecule has 12 aromatic rings. The first-order valence-corrected chi connectivity index (χ1v) is 53.8. The van der Waals surface area contributed by atoms with Crippen molar-refractivity contribution in [3.63, 3.8) is 0 Å². The van der Waals surface area contributed by atoms with Gasteiger partial charge in [0.05, 0.1) is 30.4 Å². The molecule has 8 N–H and O–H groups in total. The van der Waals surface area contributed by atoms with E-state index in [1.54, 1.807) is 88.7 Å². The molecule has 0 atom stereocenters. The Bertz CT molecular complexity index is 6440. The average Bonchev–Trinajstić information content (AvgIpc) is 1.54. The van der Waals surface area contributed by atoms with Gasteiger partial charge in [0.25, 0.3) is 0 Å². The fraction of sp³-hybridized carbons (Fsp3) is 0.556. The molecule has 15 nitrogen and oxygen atoms in total. The van der Waals surface area contributed by atoms with Crippen molar-refractivity contribution in [2.45, 2.75) is 433 Å². The Hall–Kier alpha value is -10.3. The number of ether oxygens (including phenoxy) is 2. The van der Waals surface area contributed by atoms with Crippen molar-refractivity contribution in [2.24, 2.45) is 0 Å². The highest BCUT2D eigenvalue weighted by Crippen LogP contribution is 2.73. The van der Waals surface area contributed by atoms with E-state index in [4.69, 9.17) is 26.7 Å². The molecular formula is C126H166N12O3. The molecule has 0 unspecified atom stereocenters. The van der Waals surface area contributed by atoms with E-state index < -0.39 is 0 Å². The number of anilines is 3. The van der Waals surface area contributed by atoms with Crippen LogP contribution in [0.3, 0.4) is 0 Å². The Balaban J connectivity index is 0.000000106. The number of aryl methyl sites for hydroxylation is 7. The summed E-state index contributed by atoms with van der Waals surface area (Å²) in [5.74, 6) is 4.18. The third-order valence-corrected chi connectivity index (χ3v) is 39.0. The number of nitrogen functional groups attached to an aromatic ring is 3. The van der Waals surface area contributed by atoms with Gasteiger partial charge in [0.1, 0.15) is 70.6 Å². The molecule has 0 radical (unpaired) electrons. The second-order valence-electron chi connectivity index (χ2n) is 47.8. The zero-order chi connectivity index (χ0) is 94.0. The molecule has 0 bridgehead atoms. The van der Waals surface area contributed by atoms with Gasteiger partial charge in [-0.2, -0.15) is 0 Å². The fourth-order valence-electron chi connectivity index (χ4n) is 32.7. The van der Waals surface area contributed by atoms with E-state index in [0.717, 1.165) is 51.0 Å². The minimum absolute atomic E-state index is 0. The molecule has 6 aromatic carbocycles. The zero-order valence-corrected chi connectivity index (χ0v) is 83.9. The third-order valence-electron chi connectivity index (χ3n) is 39.0. The van der Waals surface area contributed by atoms with E-state index in [-0.39, 0.29) is 29.7 Å². The Morgan fingerprint density at radius 3 is 1.00 bits per heavy atom. The van der Waals surface area contributed by atoms with E-state index >= 15 is 0 Å². The summed E-state index contributed by atoms with van der Waals surface area (Å²) in [7, 11) is 3.56. The SMILES string of the molecule is C.C.C.C.C=C1CC2(CCCCC2)c2cc(OC)cc(C)c21.COc1cc(C)c2c(c1)C1(CCCCC1)CC21CC1.Cc1cc(-n2ccc3c(N)ncnc32)cc2c1C1(CC1)CC21CCCCC1.Cc1cc(-n2ccc3c(N)ncnc32)cc2c1C1(CC1)CC21CCCCC1.Cc1cc(C)c2c(c1)C1(CCCCC1)CC21CC1.Cc1cc(O)cc2c1C1(CC1)CC21CCCCC1.Nc1ncnc2[nH]ccc12. The molecule has 29 rings (SSSR count). The van der Waals surface area contributed by atoms with Gasteiger partial charge >= 0.3 is 0 Å². The maximum absolute atomic E-state index is 9.98. The number of nitrogens with two attached hydrogens (primary N) is 3. The smallest absolute Gasteiger partial charge is 0.150 e. The first-order chi connectivity index (χ1) is 66.3. The van der Waals surface area contributed by atoms with Crippen LogP contribution in [0.2, 0.25) is 0 Å². The van der Waals surface area contributed by atoms with Gasteiger partial charge in [-0.3, -0.25) is 0 Å².